The van der Waals surface area contributed by atoms with E-state index in [1.54, 1.807) is 26.1 Å². The summed E-state index contributed by atoms with van der Waals surface area (Å²) in [7, 11) is 1.61. The van der Waals surface area contributed by atoms with Gasteiger partial charge in [-0.1, -0.05) is 18.2 Å². The molecule has 1 aliphatic heterocycles. The number of carbonyl (C=O) groups is 3. The van der Waals surface area contributed by atoms with Crippen LogP contribution in [-0.4, -0.2) is 34.8 Å². The van der Waals surface area contributed by atoms with Crippen molar-refractivity contribution in [1.82, 2.24) is 4.90 Å². The Bertz CT molecular complexity index is 855. The predicted molar refractivity (Wildman–Crippen MR) is 89.3 cm³/mol. The standard InChI is InChI=1S/C18H18N2O5/c1-10-13(18(23)24)7-11(25-10)9-20(2)17(22)14-8-16(21)19-15-6-4-3-5-12(14)15/h3-7,14H,8-9H2,1-2H3,(H,19,21)(H,23,24)/t14-/m0/s1. The van der Waals surface area contributed by atoms with Gasteiger partial charge in [0, 0.05) is 19.2 Å². The monoisotopic (exact) mass is 342 g/mol. The smallest absolute Gasteiger partial charge is 0.339 e. The normalized spacial score (nSPS) is 16.1. The van der Waals surface area contributed by atoms with Gasteiger partial charge in [-0.2, -0.15) is 0 Å². The van der Waals surface area contributed by atoms with Gasteiger partial charge in [0.1, 0.15) is 17.1 Å². The molecule has 2 amide bonds. The number of aromatic carboxylic acids is 1. The Morgan fingerprint density at radius 2 is 2.08 bits per heavy atom. The molecule has 130 valence electrons. The van der Waals surface area contributed by atoms with Crippen molar-refractivity contribution in [3.05, 3.63) is 53.0 Å². The largest absolute Gasteiger partial charge is 0.478 e. The summed E-state index contributed by atoms with van der Waals surface area (Å²) in [4.78, 5) is 37.2. The second kappa shape index (κ2) is 6.43. The highest BCUT2D eigenvalue weighted by Gasteiger charge is 2.32. The summed E-state index contributed by atoms with van der Waals surface area (Å²) in [5, 5.41) is 11.8. The van der Waals surface area contributed by atoms with E-state index in [-0.39, 0.29) is 30.3 Å². The number of nitrogens with one attached hydrogen (secondary N) is 1. The summed E-state index contributed by atoms with van der Waals surface area (Å²) in [6.07, 6.45) is 0.0811. The Hall–Kier alpha value is -3.09. The highest BCUT2D eigenvalue weighted by Crippen LogP contribution is 2.33. The van der Waals surface area contributed by atoms with Crippen LogP contribution in [0.2, 0.25) is 0 Å². The van der Waals surface area contributed by atoms with Crippen molar-refractivity contribution in [2.24, 2.45) is 0 Å². The zero-order valence-electron chi connectivity index (χ0n) is 13.9. The number of carboxylic acid groups (broad SMARTS) is 1. The van der Waals surface area contributed by atoms with Crippen LogP contribution in [0.15, 0.2) is 34.7 Å². The van der Waals surface area contributed by atoms with Crippen LogP contribution in [0.5, 0.6) is 0 Å². The molecule has 1 aromatic carbocycles. The number of aryl methyl sites for hydroxylation is 1. The van der Waals surface area contributed by atoms with Gasteiger partial charge >= 0.3 is 5.97 Å². The number of carboxylic acids is 1. The maximum absolute atomic E-state index is 12.8. The van der Waals surface area contributed by atoms with Crippen LogP contribution in [0.4, 0.5) is 5.69 Å². The molecule has 7 nitrogen and oxygen atoms in total. The summed E-state index contributed by atoms with van der Waals surface area (Å²) in [6, 6.07) is 8.63. The molecule has 0 aliphatic carbocycles. The third kappa shape index (κ3) is 3.26. The molecule has 1 aliphatic rings. The molecule has 0 bridgehead atoms. The summed E-state index contributed by atoms with van der Waals surface area (Å²) < 4.78 is 5.42. The molecule has 25 heavy (non-hydrogen) atoms. The van der Waals surface area contributed by atoms with Gasteiger partial charge in [0.25, 0.3) is 0 Å². The average Bonchev–Trinajstić information content (AvgIpc) is 2.93. The minimum absolute atomic E-state index is 0.0811. The number of carbonyl (C=O) groups excluding carboxylic acids is 2. The SMILES string of the molecule is Cc1oc(CN(C)C(=O)[C@H]2CC(=O)Nc3ccccc32)cc1C(=O)O. The van der Waals surface area contributed by atoms with Gasteiger partial charge in [-0.05, 0) is 24.6 Å². The molecule has 0 unspecified atom stereocenters. The van der Waals surface area contributed by atoms with Crippen LogP contribution in [0.3, 0.4) is 0 Å². The van der Waals surface area contributed by atoms with Crippen LogP contribution < -0.4 is 5.32 Å². The van der Waals surface area contributed by atoms with Crippen molar-refractivity contribution in [2.45, 2.75) is 25.8 Å². The number of nitrogens with zero attached hydrogens (tertiary/aromatic N) is 1. The van der Waals surface area contributed by atoms with Crippen LogP contribution in [0.25, 0.3) is 0 Å². The van der Waals surface area contributed by atoms with Crippen molar-refractivity contribution < 1.29 is 23.9 Å². The number of hydrogen-bond donors (Lipinski definition) is 2. The van der Waals surface area contributed by atoms with E-state index in [2.05, 4.69) is 5.32 Å². The summed E-state index contributed by atoms with van der Waals surface area (Å²) in [5.41, 5.74) is 1.51. The minimum Gasteiger partial charge on any atom is -0.478 e. The van der Waals surface area contributed by atoms with E-state index in [9.17, 15) is 14.4 Å². The fourth-order valence-corrected chi connectivity index (χ4v) is 3.04. The van der Waals surface area contributed by atoms with Crippen molar-refractivity contribution >= 4 is 23.5 Å². The first-order chi connectivity index (χ1) is 11.9. The number of rotatable bonds is 4. The lowest BCUT2D eigenvalue weighted by molar-refractivity contribution is -0.134. The maximum atomic E-state index is 12.8. The first kappa shape index (κ1) is 16.8. The van der Waals surface area contributed by atoms with E-state index < -0.39 is 11.9 Å². The Morgan fingerprint density at radius 3 is 2.76 bits per heavy atom. The van der Waals surface area contributed by atoms with Crippen molar-refractivity contribution in [3.8, 4) is 0 Å². The molecule has 3 rings (SSSR count). The van der Waals surface area contributed by atoms with Gasteiger partial charge < -0.3 is 19.7 Å². The van der Waals surface area contributed by atoms with Gasteiger partial charge in [-0.25, -0.2) is 4.79 Å². The Balaban J connectivity index is 1.80. The second-order valence-electron chi connectivity index (χ2n) is 6.07. The van der Waals surface area contributed by atoms with E-state index in [1.165, 1.54) is 11.0 Å². The third-order valence-corrected chi connectivity index (χ3v) is 4.27. The van der Waals surface area contributed by atoms with E-state index in [0.717, 1.165) is 5.56 Å². The number of benzene rings is 1. The van der Waals surface area contributed by atoms with Crippen LogP contribution in [0.1, 0.15) is 39.8 Å². The molecule has 0 saturated carbocycles. The highest BCUT2D eigenvalue weighted by molar-refractivity contribution is 6.01. The number of furan rings is 1. The number of fused-ring (bicyclic) bond motifs is 1. The third-order valence-electron chi connectivity index (χ3n) is 4.27. The Morgan fingerprint density at radius 1 is 1.36 bits per heavy atom. The molecule has 0 radical (unpaired) electrons. The van der Waals surface area contributed by atoms with Crippen molar-refractivity contribution in [3.63, 3.8) is 0 Å². The fourth-order valence-electron chi connectivity index (χ4n) is 3.04. The number of likely N-dealkylation sites (N-methyl/N-ethyl adjacent to an activating group) is 1. The van der Waals surface area contributed by atoms with Gasteiger partial charge in [0.2, 0.25) is 11.8 Å². The van der Waals surface area contributed by atoms with Crippen LogP contribution >= 0.6 is 0 Å². The first-order valence-corrected chi connectivity index (χ1v) is 7.83. The number of hydrogen-bond acceptors (Lipinski definition) is 4. The topological polar surface area (TPSA) is 99.9 Å². The highest BCUT2D eigenvalue weighted by atomic mass is 16.4. The zero-order chi connectivity index (χ0) is 18.1. The van der Waals surface area contributed by atoms with Crippen LogP contribution in [0, 0.1) is 6.92 Å². The molecule has 7 heteroatoms. The quantitative estimate of drug-likeness (QED) is 0.888. The number of anilines is 1. The van der Waals surface area contributed by atoms with Crippen molar-refractivity contribution in [2.75, 3.05) is 12.4 Å². The lowest BCUT2D eigenvalue weighted by atomic mass is 9.89. The molecule has 0 fully saturated rings. The Labute approximate surface area is 144 Å². The Kier molecular flexibility index (Phi) is 4.31. The lowest BCUT2D eigenvalue weighted by Gasteiger charge is -2.28. The number of para-hydroxylation sites is 1. The molecule has 1 aromatic heterocycles. The van der Waals surface area contributed by atoms with E-state index >= 15 is 0 Å². The van der Waals surface area contributed by atoms with Crippen LogP contribution in [-0.2, 0) is 16.1 Å². The average molecular weight is 342 g/mol. The molecule has 1 atom stereocenters. The van der Waals surface area contributed by atoms with E-state index in [1.807, 2.05) is 12.1 Å². The minimum atomic E-state index is -1.07. The number of amides is 2. The van der Waals surface area contributed by atoms with E-state index in [0.29, 0.717) is 17.2 Å². The molecule has 0 spiro atoms. The van der Waals surface area contributed by atoms with Crippen molar-refractivity contribution in [1.29, 1.82) is 0 Å². The summed E-state index contributed by atoms with van der Waals surface area (Å²) in [5.74, 6) is -1.37. The van der Waals surface area contributed by atoms with E-state index in [4.69, 9.17) is 9.52 Å². The summed E-state index contributed by atoms with van der Waals surface area (Å²) in [6.45, 7) is 1.70. The summed E-state index contributed by atoms with van der Waals surface area (Å²) >= 11 is 0. The van der Waals surface area contributed by atoms with Gasteiger partial charge in [0.05, 0.1) is 12.5 Å². The lowest BCUT2D eigenvalue weighted by Crippen LogP contribution is -2.36. The molecule has 2 heterocycles. The zero-order valence-corrected chi connectivity index (χ0v) is 13.9. The first-order valence-electron chi connectivity index (χ1n) is 7.83. The molecule has 2 aromatic rings. The predicted octanol–water partition coefficient (Wildman–Crippen LogP) is 2.37. The van der Waals surface area contributed by atoms with Gasteiger partial charge in [-0.15, -0.1) is 0 Å². The van der Waals surface area contributed by atoms with Gasteiger partial charge in [0.15, 0.2) is 0 Å². The molecular formula is C18H18N2O5. The second-order valence-corrected chi connectivity index (χ2v) is 6.07. The molecule has 0 saturated heterocycles. The van der Waals surface area contributed by atoms with Gasteiger partial charge in [-0.3, -0.25) is 9.59 Å². The molecule has 2 N–H and O–H groups in total. The fraction of sp³-hybridized carbons (Fsp3) is 0.278. The maximum Gasteiger partial charge on any atom is 0.339 e. The molecular weight excluding hydrogens is 324 g/mol.